The SMILES string of the molecule is O=C(OCCCCCCCCBr)C(F)(F)C(F)(F)F. The summed E-state index contributed by atoms with van der Waals surface area (Å²) in [5, 5.41) is 0.914. The molecule has 0 fully saturated rings. The fraction of sp³-hybridized carbons (Fsp3) is 0.909. The zero-order valence-corrected chi connectivity index (χ0v) is 11.8. The van der Waals surface area contributed by atoms with Crippen molar-refractivity contribution < 1.29 is 31.5 Å². The fourth-order valence-corrected chi connectivity index (χ4v) is 1.67. The van der Waals surface area contributed by atoms with Crippen molar-refractivity contribution in [3.05, 3.63) is 0 Å². The van der Waals surface area contributed by atoms with E-state index in [1.807, 2.05) is 0 Å². The van der Waals surface area contributed by atoms with Crippen molar-refractivity contribution in [2.75, 3.05) is 11.9 Å². The molecule has 0 saturated carbocycles. The third-order valence-electron chi connectivity index (χ3n) is 2.37. The first-order chi connectivity index (χ1) is 8.73. The van der Waals surface area contributed by atoms with Crippen LogP contribution in [0.25, 0.3) is 0 Å². The van der Waals surface area contributed by atoms with Crippen LogP contribution in [0.2, 0.25) is 0 Å². The van der Waals surface area contributed by atoms with Crippen LogP contribution in [0.3, 0.4) is 0 Å². The second kappa shape index (κ2) is 8.71. The Balaban J connectivity index is 3.70. The number of hydrogen-bond acceptors (Lipinski definition) is 2. The number of unbranched alkanes of at least 4 members (excludes halogenated alkanes) is 5. The molecule has 0 aliphatic heterocycles. The van der Waals surface area contributed by atoms with Gasteiger partial charge in [0.2, 0.25) is 0 Å². The van der Waals surface area contributed by atoms with Crippen LogP contribution < -0.4 is 0 Å². The largest absolute Gasteiger partial charge is 0.465 e. The van der Waals surface area contributed by atoms with Crippen molar-refractivity contribution in [3.8, 4) is 0 Å². The minimum absolute atomic E-state index is 0.286. The Labute approximate surface area is 116 Å². The number of halogens is 6. The summed E-state index contributed by atoms with van der Waals surface area (Å²) < 4.78 is 64.1. The van der Waals surface area contributed by atoms with Gasteiger partial charge >= 0.3 is 18.1 Å². The van der Waals surface area contributed by atoms with Gasteiger partial charge in [0, 0.05) is 5.33 Å². The molecule has 0 aliphatic rings. The molecule has 0 amide bonds. The van der Waals surface area contributed by atoms with Gasteiger partial charge in [-0.05, 0) is 12.8 Å². The minimum Gasteiger partial charge on any atom is -0.461 e. The van der Waals surface area contributed by atoms with E-state index in [-0.39, 0.29) is 6.42 Å². The molecule has 19 heavy (non-hydrogen) atoms. The van der Waals surface area contributed by atoms with E-state index in [4.69, 9.17) is 0 Å². The Kier molecular flexibility index (Phi) is 8.52. The molecule has 0 unspecified atom stereocenters. The third kappa shape index (κ3) is 7.08. The highest BCUT2D eigenvalue weighted by molar-refractivity contribution is 9.09. The summed E-state index contributed by atoms with van der Waals surface area (Å²) in [4.78, 5) is 10.6. The van der Waals surface area contributed by atoms with Crippen molar-refractivity contribution in [1.82, 2.24) is 0 Å². The molecule has 0 rings (SSSR count). The molecule has 0 aliphatic carbocycles. The lowest BCUT2D eigenvalue weighted by molar-refractivity contribution is -0.280. The van der Waals surface area contributed by atoms with Gasteiger partial charge in [-0.25, -0.2) is 4.79 Å². The molecule has 0 atom stereocenters. The van der Waals surface area contributed by atoms with Crippen LogP contribution in [0, 0.1) is 0 Å². The molecule has 0 N–H and O–H groups in total. The third-order valence-corrected chi connectivity index (χ3v) is 2.93. The van der Waals surface area contributed by atoms with Gasteiger partial charge in [0.15, 0.2) is 0 Å². The van der Waals surface area contributed by atoms with Crippen LogP contribution in [0.15, 0.2) is 0 Å². The maximum absolute atomic E-state index is 12.4. The normalized spacial score (nSPS) is 12.5. The van der Waals surface area contributed by atoms with Crippen molar-refractivity contribution in [3.63, 3.8) is 0 Å². The second-order valence-corrected chi connectivity index (χ2v) is 4.81. The van der Waals surface area contributed by atoms with Gasteiger partial charge in [0.1, 0.15) is 0 Å². The highest BCUT2D eigenvalue weighted by atomic mass is 79.9. The van der Waals surface area contributed by atoms with Crippen LogP contribution in [-0.2, 0) is 9.53 Å². The molecule has 2 nitrogen and oxygen atoms in total. The predicted molar refractivity (Wildman–Crippen MR) is 63.5 cm³/mol. The minimum atomic E-state index is -5.90. The number of hydrogen-bond donors (Lipinski definition) is 0. The van der Waals surface area contributed by atoms with Crippen LogP contribution in [-0.4, -0.2) is 30.0 Å². The Bertz CT molecular complexity index is 268. The second-order valence-electron chi connectivity index (χ2n) is 4.02. The molecular weight excluding hydrogens is 339 g/mol. The molecule has 0 saturated heterocycles. The molecule has 0 aromatic rings. The lowest BCUT2D eigenvalue weighted by Gasteiger charge is -2.17. The lowest BCUT2D eigenvalue weighted by atomic mass is 10.1. The molecule has 114 valence electrons. The van der Waals surface area contributed by atoms with Gasteiger partial charge in [-0.3, -0.25) is 0 Å². The summed E-state index contributed by atoms with van der Waals surface area (Å²) in [6.45, 7) is -0.414. The molecule has 0 bridgehead atoms. The van der Waals surface area contributed by atoms with E-state index in [1.165, 1.54) is 0 Å². The van der Waals surface area contributed by atoms with Gasteiger partial charge in [-0.1, -0.05) is 41.6 Å². The summed E-state index contributed by atoms with van der Waals surface area (Å²) in [5.74, 6) is -7.96. The van der Waals surface area contributed by atoms with E-state index >= 15 is 0 Å². The van der Waals surface area contributed by atoms with E-state index in [0.717, 1.165) is 31.0 Å². The highest BCUT2D eigenvalue weighted by Gasteiger charge is 2.64. The number of alkyl halides is 6. The lowest BCUT2D eigenvalue weighted by Crippen LogP contribution is -2.45. The van der Waals surface area contributed by atoms with E-state index < -0.39 is 24.7 Å². The quantitative estimate of drug-likeness (QED) is 0.264. The molecule has 8 heteroatoms. The van der Waals surface area contributed by atoms with E-state index in [1.54, 1.807) is 0 Å². The molecule has 0 aromatic heterocycles. The number of carbonyl (C=O) groups excluding carboxylic acids is 1. The summed E-state index contributed by atoms with van der Waals surface area (Å²) in [7, 11) is 0. The number of esters is 1. The average Bonchev–Trinajstić information content (AvgIpc) is 2.30. The maximum Gasteiger partial charge on any atom is 0.465 e. The molecule has 0 aromatic carbocycles. The van der Waals surface area contributed by atoms with E-state index in [2.05, 4.69) is 20.7 Å². The topological polar surface area (TPSA) is 26.3 Å². The molecule has 0 heterocycles. The molecular formula is C11H16BrF5O2. The van der Waals surface area contributed by atoms with Gasteiger partial charge in [-0.15, -0.1) is 0 Å². The smallest absolute Gasteiger partial charge is 0.461 e. The zero-order valence-electron chi connectivity index (χ0n) is 10.2. The standard InChI is InChI=1S/C11H16BrF5O2/c12-7-5-3-1-2-4-6-8-19-9(18)10(13,14)11(15,16)17/h1-8H2. The first kappa shape index (κ1) is 18.6. The predicted octanol–water partition coefficient (Wildman–Crippen LogP) is 4.46. The monoisotopic (exact) mass is 354 g/mol. The summed E-state index contributed by atoms with van der Waals surface area (Å²) in [6, 6.07) is 0. The van der Waals surface area contributed by atoms with Gasteiger partial charge in [0.25, 0.3) is 0 Å². The van der Waals surface area contributed by atoms with Crippen LogP contribution in [0.5, 0.6) is 0 Å². The maximum atomic E-state index is 12.4. The van der Waals surface area contributed by atoms with Crippen molar-refractivity contribution in [1.29, 1.82) is 0 Å². The summed E-state index contributed by atoms with van der Waals surface area (Å²) in [5.41, 5.74) is 0. The van der Waals surface area contributed by atoms with Crippen LogP contribution in [0.1, 0.15) is 38.5 Å². The Morgan fingerprint density at radius 1 is 0.895 bits per heavy atom. The first-order valence-electron chi connectivity index (χ1n) is 5.91. The molecule has 0 radical (unpaired) electrons. The summed E-state index contributed by atoms with van der Waals surface area (Å²) in [6.07, 6.45) is -1.14. The zero-order chi connectivity index (χ0) is 14.9. The number of ether oxygens (including phenoxy) is 1. The average molecular weight is 355 g/mol. The van der Waals surface area contributed by atoms with E-state index in [0.29, 0.717) is 6.42 Å². The fourth-order valence-electron chi connectivity index (χ4n) is 1.27. The summed E-state index contributed by atoms with van der Waals surface area (Å²) >= 11 is 3.27. The van der Waals surface area contributed by atoms with Crippen LogP contribution in [0.4, 0.5) is 22.0 Å². The van der Waals surface area contributed by atoms with Crippen LogP contribution >= 0.6 is 15.9 Å². The first-order valence-corrected chi connectivity index (χ1v) is 7.03. The van der Waals surface area contributed by atoms with E-state index in [9.17, 15) is 26.7 Å². The number of carbonyl (C=O) groups is 1. The Morgan fingerprint density at radius 2 is 1.37 bits per heavy atom. The van der Waals surface area contributed by atoms with Crippen molar-refractivity contribution in [2.24, 2.45) is 0 Å². The Morgan fingerprint density at radius 3 is 1.84 bits per heavy atom. The van der Waals surface area contributed by atoms with Gasteiger partial charge in [-0.2, -0.15) is 22.0 Å². The van der Waals surface area contributed by atoms with Gasteiger partial charge < -0.3 is 4.74 Å². The Hall–Kier alpha value is -0.400. The van der Waals surface area contributed by atoms with Crippen molar-refractivity contribution >= 4 is 21.9 Å². The molecule has 0 spiro atoms. The highest BCUT2D eigenvalue weighted by Crippen LogP contribution is 2.36. The number of rotatable bonds is 9. The van der Waals surface area contributed by atoms with Gasteiger partial charge in [0.05, 0.1) is 6.61 Å². The van der Waals surface area contributed by atoms with Crippen molar-refractivity contribution in [2.45, 2.75) is 50.6 Å².